The van der Waals surface area contributed by atoms with Crippen molar-refractivity contribution in [1.82, 2.24) is 4.90 Å². The molecule has 1 unspecified atom stereocenters. The van der Waals surface area contributed by atoms with Gasteiger partial charge in [0.1, 0.15) is 0 Å². The van der Waals surface area contributed by atoms with Crippen LogP contribution in [0.5, 0.6) is 0 Å². The smallest absolute Gasteiger partial charge is 0.387 e. The maximum absolute atomic E-state index is 12.4. The van der Waals surface area contributed by atoms with Gasteiger partial charge >= 0.3 is 6.18 Å². The first-order chi connectivity index (χ1) is 7.84. The number of hydrogen-bond acceptors (Lipinski definition) is 3. The average Bonchev–Trinajstić information content (AvgIpc) is 3.00. The summed E-state index contributed by atoms with van der Waals surface area (Å²) < 4.78 is 37.3. The lowest BCUT2D eigenvalue weighted by Crippen LogP contribution is -2.52. The van der Waals surface area contributed by atoms with Crippen molar-refractivity contribution in [3.05, 3.63) is 0 Å². The van der Waals surface area contributed by atoms with Crippen molar-refractivity contribution in [3.8, 4) is 0 Å². The Balaban J connectivity index is 1.96. The van der Waals surface area contributed by atoms with Crippen LogP contribution in [0.3, 0.4) is 0 Å². The normalized spacial score (nSPS) is 25.1. The Morgan fingerprint density at radius 1 is 1.12 bits per heavy atom. The third-order valence-electron chi connectivity index (χ3n) is 3.61. The lowest BCUT2D eigenvalue weighted by atomic mass is 9.97. The number of hydrogen-bond donors (Lipinski definition) is 2. The van der Waals surface area contributed by atoms with E-state index in [1.807, 2.05) is 0 Å². The second-order valence-electron chi connectivity index (χ2n) is 5.33. The molecule has 0 spiro atoms. The first kappa shape index (κ1) is 13.1. The molecule has 0 saturated heterocycles. The molecule has 3 N–H and O–H groups in total. The second-order valence-corrected chi connectivity index (χ2v) is 5.33. The van der Waals surface area contributed by atoms with Gasteiger partial charge in [-0.1, -0.05) is 0 Å². The quantitative estimate of drug-likeness (QED) is 0.744. The zero-order chi connectivity index (χ0) is 12.7. The minimum absolute atomic E-state index is 0.0200. The van der Waals surface area contributed by atoms with E-state index in [9.17, 15) is 18.3 Å². The van der Waals surface area contributed by atoms with E-state index in [1.165, 1.54) is 4.90 Å². The highest BCUT2D eigenvalue weighted by Crippen LogP contribution is 2.41. The number of nitrogens with two attached hydrogens (primary N) is 1. The van der Waals surface area contributed by atoms with Crippen molar-refractivity contribution >= 4 is 0 Å². The maximum atomic E-state index is 12.4. The fraction of sp³-hybridized carbons (Fsp3) is 1.00. The molecule has 17 heavy (non-hydrogen) atoms. The minimum Gasteiger partial charge on any atom is -0.387 e. The van der Waals surface area contributed by atoms with E-state index in [-0.39, 0.29) is 25.0 Å². The predicted molar refractivity (Wildman–Crippen MR) is 57.4 cm³/mol. The average molecular weight is 252 g/mol. The Hall–Kier alpha value is -0.330. The van der Waals surface area contributed by atoms with E-state index in [2.05, 4.69) is 0 Å². The number of nitrogens with zero attached hydrogens (tertiary/aromatic N) is 1. The molecule has 0 amide bonds. The van der Waals surface area contributed by atoms with Crippen LogP contribution in [0.25, 0.3) is 0 Å². The molecular weight excluding hydrogens is 233 g/mol. The Morgan fingerprint density at radius 2 is 1.71 bits per heavy atom. The van der Waals surface area contributed by atoms with E-state index in [0.29, 0.717) is 0 Å². The maximum Gasteiger partial charge on any atom is 0.401 e. The monoisotopic (exact) mass is 252 g/mol. The summed E-state index contributed by atoms with van der Waals surface area (Å²) in [6.45, 7) is -0.843. The van der Waals surface area contributed by atoms with Gasteiger partial charge in [-0.05, 0) is 31.6 Å². The summed E-state index contributed by atoms with van der Waals surface area (Å²) in [6.07, 6.45) is -0.874. The largest absolute Gasteiger partial charge is 0.401 e. The summed E-state index contributed by atoms with van der Waals surface area (Å²) in [5.41, 5.74) is 4.39. The van der Waals surface area contributed by atoms with Crippen LogP contribution in [0, 0.1) is 5.92 Å². The molecule has 0 radical (unpaired) electrons. The van der Waals surface area contributed by atoms with Gasteiger partial charge in [0.2, 0.25) is 0 Å². The predicted octanol–water partition coefficient (Wildman–Crippen LogP) is 1.11. The number of aliphatic hydroxyl groups is 1. The van der Waals surface area contributed by atoms with E-state index in [1.54, 1.807) is 0 Å². The highest BCUT2D eigenvalue weighted by molar-refractivity contribution is 5.00. The number of rotatable bonds is 6. The van der Waals surface area contributed by atoms with Gasteiger partial charge in [0.05, 0.1) is 12.1 Å². The molecule has 0 bridgehead atoms. The van der Waals surface area contributed by atoms with Crippen molar-refractivity contribution in [2.24, 2.45) is 11.7 Å². The highest BCUT2D eigenvalue weighted by Gasteiger charge is 2.47. The molecule has 2 fully saturated rings. The Kier molecular flexibility index (Phi) is 3.40. The van der Waals surface area contributed by atoms with Gasteiger partial charge < -0.3 is 10.8 Å². The molecule has 0 aliphatic heterocycles. The van der Waals surface area contributed by atoms with Crippen molar-refractivity contribution in [3.63, 3.8) is 0 Å². The fourth-order valence-electron chi connectivity index (χ4n) is 2.32. The van der Waals surface area contributed by atoms with Crippen LogP contribution in [0.4, 0.5) is 13.2 Å². The summed E-state index contributed by atoms with van der Waals surface area (Å²) in [5, 5.41) is 10.3. The van der Waals surface area contributed by atoms with Gasteiger partial charge in [0.25, 0.3) is 0 Å². The molecular formula is C11H19F3N2O. The fourth-order valence-corrected chi connectivity index (χ4v) is 2.32. The second kappa shape index (κ2) is 4.40. The molecule has 6 heteroatoms. The van der Waals surface area contributed by atoms with Gasteiger partial charge in [-0.3, -0.25) is 4.90 Å². The van der Waals surface area contributed by atoms with Crippen LogP contribution in [0.15, 0.2) is 0 Å². The molecule has 100 valence electrons. The standard InChI is InChI=1S/C11H19F3N2O/c12-11(13,14)7-16(9-3-4-9)6-10(17,5-15)8-1-2-8/h8-9,17H,1-7,15H2. The molecule has 3 nitrogen and oxygen atoms in total. The lowest BCUT2D eigenvalue weighted by Gasteiger charge is -2.34. The van der Waals surface area contributed by atoms with E-state index in [4.69, 9.17) is 5.73 Å². The molecule has 0 aromatic carbocycles. The third-order valence-corrected chi connectivity index (χ3v) is 3.61. The van der Waals surface area contributed by atoms with Crippen LogP contribution >= 0.6 is 0 Å². The Morgan fingerprint density at radius 3 is 2.06 bits per heavy atom. The molecule has 0 aromatic heterocycles. The zero-order valence-electron chi connectivity index (χ0n) is 9.71. The number of halogens is 3. The van der Waals surface area contributed by atoms with Crippen LogP contribution in [-0.4, -0.2) is 47.5 Å². The number of alkyl halides is 3. The molecule has 0 aromatic rings. The van der Waals surface area contributed by atoms with Gasteiger partial charge in [0.15, 0.2) is 0 Å². The molecule has 2 rings (SSSR count). The minimum atomic E-state index is -4.21. The SMILES string of the molecule is NCC(O)(CN(CC(F)(F)F)C1CC1)C1CC1. The van der Waals surface area contributed by atoms with E-state index in [0.717, 1.165) is 25.7 Å². The highest BCUT2D eigenvalue weighted by atomic mass is 19.4. The van der Waals surface area contributed by atoms with Gasteiger partial charge in [-0.15, -0.1) is 0 Å². The molecule has 2 aliphatic carbocycles. The molecule has 2 aliphatic rings. The van der Waals surface area contributed by atoms with Crippen LogP contribution in [0.1, 0.15) is 25.7 Å². The van der Waals surface area contributed by atoms with Gasteiger partial charge in [-0.25, -0.2) is 0 Å². The van der Waals surface area contributed by atoms with E-state index >= 15 is 0 Å². The Bertz CT molecular complexity index is 276. The first-order valence-corrected chi connectivity index (χ1v) is 6.07. The zero-order valence-corrected chi connectivity index (χ0v) is 9.71. The summed E-state index contributed by atoms with van der Waals surface area (Å²) in [6, 6.07) is -0.0200. The van der Waals surface area contributed by atoms with Crippen LogP contribution in [-0.2, 0) is 0 Å². The molecule has 1 atom stereocenters. The van der Waals surface area contributed by atoms with Crippen molar-refractivity contribution < 1.29 is 18.3 Å². The molecule has 0 heterocycles. The van der Waals surface area contributed by atoms with E-state index < -0.39 is 18.3 Å². The van der Waals surface area contributed by atoms with Gasteiger partial charge in [0, 0.05) is 19.1 Å². The molecule has 2 saturated carbocycles. The van der Waals surface area contributed by atoms with Crippen LogP contribution in [0.2, 0.25) is 0 Å². The summed E-state index contributed by atoms with van der Waals surface area (Å²) in [7, 11) is 0. The Labute approximate surface area is 98.8 Å². The third kappa shape index (κ3) is 3.56. The van der Waals surface area contributed by atoms with Crippen LogP contribution < -0.4 is 5.73 Å². The topological polar surface area (TPSA) is 49.5 Å². The summed E-state index contributed by atoms with van der Waals surface area (Å²) >= 11 is 0. The first-order valence-electron chi connectivity index (χ1n) is 6.07. The summed E-state index contributed by atoms with van der Waals surface area (Å²) in [5.74, 6) is 0.0852. The van der Waals surface area contributed by atoms with Crippen molar-refractivity contribution in [2.45, 2.75) is 43.5 Å². The van der Waals surface area contributed by atoms with Gasteiger partial charge in [-0.2, -0.15) is 13.2 Å². The lowest BCUT2D eigenvalue weighted by molar-refractivity contribution is -0.154. The van der Waals surface area contributed by atoms with Crippen molar-refractivity contribution in [2.75, 3.05) is 19.6 Å². The summed E-state index contributed by atoms with van der Waals surface area (Å²) in [4.78, 5) is 1.35. The van der Waals surface area contributed by atoms with Crippen molar-refractivity contribution in [1.29, 1.82) is 0 Å².